The summed E-state index contributed by atoms with van der Waals surface area (Å²) in [5.74, 6) is 0.671. The van der Waals surface area contributed by atoms with Crippen molar-refractivity contribution in [3.8, 4) is 5.69 Å². The average molecular weight is 346 g/mol. The Kier molecular flexibility index (Phi) is 5.14. The number of piperazine rings is 1. The number of nitrogens with zero attached hydrogens (tertiary/aromatic N) is 3. The molecular weight excluding hydrogens is 322 g/mol. The number of anilines is 1. The molecule has 1 aromatic heterocycles. The normalized spacial score (nSPS) is 15.2. The fraction of sp³-hybridized carbons (Fsp3) is 0.421. The second-order valence-electron chi connectivity index (χ2n) is 6.69. The second kappa shape index (κ2) is 7.31. The summed E-state index contributed by atoms with van der Waals surface area (Å²) >= 11 is 6.51. The van der Waals surface area contributed by atoms with Crippen LogP contribution in [0, 0.1) is 5.92 Å². The first-order valence-electron chi connectivity index (χ1n) is 8.50. The monoisotopic (exact) mass is 345 g/mol. The molecule has 0 unspecified atom stereocenters. The highest BCUT2D eigenvalue weighted by atomic mass is 35.5. The minimum absolute atomic E-state index is 0.263. The van der Waals surface area contributed by atoms with E-state index in [0.29, 0.717) is 12.3 Å². The molecule has 0 atom stereocenters. The maximum Gasteiger partial charge on any atom is 0.222 e. The molecule has 3 rings (SSSR count). The van der Waals surface area contributed by atoms with Crippen molar-refractivity contribution >= 4 is 23.2 Å². The Morgan fingerprint density at radius 2 is 1.79 bits per heavy atom. The number of amides is 1. The van der Waals surface area contributed by atoms with Crippen LogP contribution >= 0.6 is 11.6 Å². The van der Waals surface area contributed by atoms with Crippen molar-refractivity contribution in [2.45, 2.75) is 20.3 Å². The Labute approximate surface area is 148 Å². The molecule has 0 saturated carbocycles. The highest BCUT2D eigenvalue weighted by Crippen LogP contribution is 2.29. The summed E-state index contributed by atoms with van der Waals surface area (Å²) in [5, 5.41) is 0.753. The van der Waals surface area contributed by atoms with E-state index in [4.69, 9.17) is 11.6 Å². The lowest BCUT2D eigenvalue weighted by molar-refractivity contribution is -0.132. The molecule has 4 nitrogen and oxygen atoms in total. The zero-order chi connectivity index (χ0) is 17.1. The number of benzene rings is 1. The molecule has 24 heavy (non-hydrogen) atoms. The van der Waals surface area contributed by atoms with E-state index >= 15 is 0 Å². The molecule has 1 saturated heterocycles. The first-order chi connectivity index (χ1) is 11.5. The second-order valence-corrected chi connectivity index (χ2v) is 7.10. The zero-order valence-corrected chi connectivity index (χ0v) is 15.0. The predicted molar refractivity (Wildman–Crippen MR) is 99.0 cm³/mol. The van der Waals surface area contributed by atoms with Gasteiger partial charge in [-0.3, -0.25) is 4.79 Å². The number of rotatable bonds is 4. The smallest absolute Gasteiger partial charge is 0.222 e. The maximum absolute atomic E-state index is 12.2. The van der Waals surface area contributed by atoms with Crippen LogP contribution in [-0.2, 0) is 4.79 Å². The molecule has 0 N–H and O–H groups in total. The highest BCUT2D eigenvalue weighted by molar-refractivity contribution is 6.33. The van der Waals surface area contributed by atoms with Gasteiger partial charge in [-0.25, -0.2) is 0 Å². The number of carbonyl (C=O) groups is 1. The Bertz CT molecular complexity index is 689. The van der Waals surface area contributed by atoms with Crippen molar-refractivity contribution in [1.82, 2.24) is 9.47 Å². The lowest BCUT2D eigenvalue weighted by Gasteiger charge is -2.37. The van der Waals surface area contributed by atoms with E-state index < -0.39 is 0 Å². The van der Waals surface area contributed by atoms with Gasteiger partial charge < -0.3 is 14.4 Å². The van der Waals surface area contributed by atoms with Gasteiger partial charge in [0.05, 0.1) is 10.7 Å². The predicted octanol–water partition coefficient (Wildman–Crippen LogP) is 3.83. The standard InChI is InChI=1S/C19H24ClN3O/c1-15(2)13-19(24)23-11-9-22(10-12-23)18-6-5-16(14-17(18)20)21-7-3-4-8-21/h3-8,14-15H,9-13H2,1-2H3. The van der Waals surface area contributed by atoms with Crippen LogP contribution in [0.2, 0.25) is 5.02 Å². The molecular formula is C19H24ClN3O. The van der Waals surface area contributed by atoms with E-state index in [1.54, 1.807) is 0 Å². The van der Waals surface area contributed by atoms with Crippen LogP contribution in [0.5, 0.6) is 0 Å². The van der Waals surface area contributed by atoms with Crippen LogP contribution < -0.4 is 4.90 Å². The summed E-state index contributed by atoms with van der Waals surface area (Å²) in [4.78, 5) is 16.4. The number of aromatic nitrogens is 1. The minimum Gasteiger partial charge on any atom is -0.367 e. The third kappa shape index (κ3) is 3.75. The summed E-state index contributed by atoms with van der Waals surface area (Å²) in [7, 11) is 0. The molecule has 0 spiro atoms. The molecule has 0 radical (unpaired) electrons. The van der Waals surface area contributed by atoms with Crippen LogP contribution in [0.4, 0.5) is 5.69 Å². The SMILES string of the molecule is CC(C)CC(=O)N1CCN(c2ccc(-n3cccc3)cc2Cl)CC1. The maximum atomic E-state index is 12.2. The average Bonchev–Trinajstić information content (AvgIpc) is 3.09. The Morgan fingerprint density at radius 3 is 2.38 bits per heavy atom. The first kappa shape index (κ1) is 16.9. The van der Waals surface area contributed by atoms with Crippen molar-refractivity contribution in [3.63, 3.8) is 0 Å². The molecule has 1 aromatic carbocycles. The molecule has 2 aromatic rings. The molecule has 1 fully saturated rings. The van der Waals surface area contributed by atoms with Gasteiger partial charge in [0.2, 0.25) is 5.91 Å². The van der Waals surface area contributed by atoms with Gasteiger partial charge in [0.1, 0.15) is 0 Å². The van der Waals surface area contributed by atoms with Crippen molar-refractivity contribution in [2.24, 2.45) is 5.92 Å². The number of carbonyl (C=O) groups excluding carboxylic acids is 1. The van der Waals surface area contributed by atoms with Gasteiger partial charge in [-0.05, 0) is 36.2 Å². The molecule has 2 heterocycles. The fourth-order valence-corrected chi connectivity index (χ4v) is 3.39. The van der Waals surface area contributed by atoms with Crippen molar-refractivity contribution in [3.05, 3.63) is 47.7 Å². The Hall–Kier alpha value is -1.94. The molecule has 5 heteroatoms. The lowest BCUT2D eigenvalue weighted by atomic mass is 10.1. The van der Waals surface area contributed by atoms with Crippen LogP contribution in [0.25, 0.3) is 5.69 Å². The van der Waals surface area contributed by atoms with E-state index in [1.165, 1.54) is 0 Å². The van der Waals surface area contributed by atoms with Crippen molar-refractivity contribution < 1.29 is 4.79 Å². The molecule has 128 valence electrons. The van der Waals surface area contributed by atoms with Crippen LogP contribution in [0.1, 0.15) is 20.3 Å². The fourth-order valence-electron chi connectivity index (χ4n) is 3.09. The van der Waals surface area contributed by atoms with E-state index in [2.05, 4.69) is 30.9 Å². The zero-order valence-electron chi connectivity index (χ0n) is 14.3. The minimum atomic E-state index is 0.263. The summed E-state index contributed by atoms with van der Waals surface area (Å²) < 4.78 is 2.04. The quantitative estimate of drug-likeness (QED) is 0.842. The van der Waals surface area contributed by atoms with Crippen LogP contribution in [0.3, 0.4) is 0 Å². The van der Waals surface area contributed by atoms with Crippen molar-refractivity contribution in [1.29, 1.82) is 0 Å². The van der Waals surface area contributed by atoms with Gasteiger partial charge in [0.25, 0.3) is 0 Å². The molecule has 1 amide bonds. The van der Waals surface area contributed by atoms with Crippen molar-refractivity contribution in [2.75, 3.05) is 31.1 Å². The summed E-state index contributed by atoms with van der Waals surface area (Å²) in [6.07, 6.45) is 4.64. The van der Waals surface area contributed by atoms with Crippen LogP contribution in [0.15, 0.2) is 42.7 Å². The van der Waals surface area contributed by atoms with Gasteiger partial charge in [0.15, 0.2) is 0 Å². The molecule has 0 aliphatic carbocycles. The van der Waals surface area contributed by atoms with E-state index in [0.717, 1.165) is 42.6 Å². The summed E-state index contributed by atoms with van der Waals surface area (Å²) in [6.45, 7) is 7.35. The molecule has 1 aliphatic heterocycles. The van der Waals surface area contributed by atoms with Gasteiger partial charge in [-0.15, -0.1) is 0 Å². The number of halogens is 1. The summed E-state index contributed by atoms with van der Waals surface area (Å²) in [5.41, 5.74) is 2.10. The topological polar surface area (TPSA) is 28.5 Å². The van der Waals surface area contributed by atoms with Gasteiger partial charge in [0, 0.05) is 50.7 Å². The molecule has 1 aliphatic rings. The van der Waals surface area contributed by atoms with Crippen LogP contribution in [-0.4, -0.2) is 41.6 Å². The Balaban J connectivity index is 1.65. The lowest BCUT2D eigenvalue weighted by Crippen LogP contribution is -2.49. The highest BCUT2D eigenvalue weighted by Gasteiger charge is 2.22. The first-order valence-corrected chi connectivity index (χ1v) is 8.88. The molecule has 0 bridgehead atoms. The van der Waals surface area contributed by atoms with E-state index in [1.807, 2.05) is 40.1 Å². The van der Waals surface area contributed by atoms with E-state index in [9.17, 15) is 4.79 Å². The largest absolute Gasteiger partial charge is 0.367 e. The third-order valence-corrected chi connectivity index (χ3v) is 4.69. The third-order valence-electron chi connectivity index (χ3n) is 4.39. The van der Waals surface area contributed by atoms with Gasteiger partial charge >= 0.3 is 0 Å². The Morgan fingerprint density at radius 1 is 1.12 bits per heavy atom. The number of hydrogen-bond acceptors (Lipinski definition) is 2. The summed E-state index contributed by atoms with van der Waals surface area (Å²) in [6, 6.07) is 10.1. The van der Waals surface area contributed by atoms with Gasteiger partial charge in [-0.2, -0.15) is 0 Å². The number of hydrogen-bond donors (Lipinski definition) is 0. The van der Waals surface area contributed by atoms with Gasteiger partial charge in [-0.1, -0.05) is 25.4 Å². The van der Waals surface area contributed by atoms with E-state index in [-0.39, 0.29) is 5.91 Å².